The second kappa shape index (κ2) is 8.97. The van der Waals surface area contributed by atoms with E-state index < -0.39 is 28.9 Å². The van der Waals surface area contributed by atoms with Crippen LogP contribution in [0.2, 0.25) is 0 Å². The quantitative estimate of drug-likeness (QED) is 0.216. The molecule has 2 amide bonds. The summed E-state index contributed by atoms with van der Waals surface area (Å²) in [6, 6.07) is 26.1. The topological polar surface area (TPSA) is 96.2 Å². The molecule has 6 rings (SSSR count). The maximum atomic E-state index is 14.0. The molecule has 4 aromatic carbocycles. The molecule has 0 saturated carbocycles. The Hall–Kier alpha value is -4.76. The fourth-order valence-corrected chi connectivity index (χ4v) is 5.33. The van der Waals surface area contributed by atoms with Crippen molar-refractivity contribution in [3.05, 3.63) is 107 Å². The van der Waals surface area contributed by atoms with Crippen molar-refractivity contribution in [2.45, 2.75) is 12.1 Å². The minimum atomic E-state index is -1.07. The van der Waals surface area contributed by atoms with Gasteiger partial charge in [0.2, 0.25) is 5.91 Å². The van der Waals surface area contributed by atoms with Crippen LogP contribution in [-0.2, 0) is 14.4 Å². The van der Waals surface area contributed by atoms with E-state index in [9.17, 15) is 19.7 Å². The van der Waals surface area contributed by atoms with E-state index in [1.165, 1.54) is 22.1 Å². The van der Waals surface area contributed by atoms with E-state index >= 15 is 0 Å². The van der Waals surface area contributed by atoms with Crippen LogP contribution in [0.4, 0.5) is 22.7 Å². The number of imide groups is 1. The average Bonchev–Trinajstić information content (AvgIpc) is 3.44. The number of carbonyl (C=O) groups excluding carboxylic acids is 2. The largest absolute Gasteiger partial charge is 0.378 e. The molecule has 9 nitrogen and oxygen atoms in total. The van der Waals surface area contributed by atoms with Crippen LogP contribution in [-0.4, -0.2) is 36.9 Å². The van der Waals surface area contributed by atoms with Crippen molar-refractivity contribution in [3.8, 4) is 0 Å². The van der Waals surface area contributed by atoms with Gasteiger partial charge in [0.15, 0.2) is 6.10 Å². The fourth-order valence-electron chi connectivity index (χ4n) is 5.33. The highest BCUT2D eigenvalue weighted by Gasteiger charge is 2.60. The summed E-state index contributed by atoms with van der Waals surface area (Å²) in [5.74, 6) is -1.67. The summed E-state index contributed by atoms with van der Waals surface area (Å²) in [4.78, 5) is 48.1. The van der Waals surface area contributed by atoms with Crippen LogP contribution in [0.25, 0.3) is 10.8 Å². The van der Waals surface area contributed by atoms with Crippen molar-refractivity contribution < 1.29 is 19.3 Å². The van der Waals surface area contributed by atoms with Crippen LogP contribution in [0.5, 0.6) is 0 Å². The zero-order valence-electron chi connectivity index (χ0n) is 20.7. The van der Waals surface area contributed by atoms with Crippen LogP contribution in [0.1, 0.15) is 11.6 Å². The lowest BCUT2D eigenvalue weighted by Gasteiger charge is -2.29. The Labute approximate surface area is 218 Å². The summed E-state index contributed by atoms with van der Waals surface area (Å²) >= 11 is 0. The van der Waals surface area contributed by atoms with E-state index in [0.717, 1.165) is 22.0 Å². The van der Waals surface area contributed by atoms with Crippen molar-refractivity contribution in [2.24, 2.45) is 5.92 Å². The molecule has 2 saturated heterocycles. The molecule has 3 unspecified atom stereocenters. The molecule has 3 atom stereocenters. The monoisotopic (exact) mass is 508 g/mol. The molecule has 0 bridgehead atoms. The SMILES string of the molecule is CN(C)c1ccc(C2C3C(=O)N(c4cccc5ccccc45)C(=O)C3ON2c2cccc([N+](=O)[O-])c2)cc1. The number of rotatable bonds is 5. The van der Waals surface area contributed by atoms with Crippen LogP contribution in [0.3, 0.4) is 0 Å². The summed E-state index contributed by atoms with van der Waals surface area (Å²) < 4.78 is 0. The summed E-state index contributed by atoms with van der Waals surface area (Å²) in [6.45, 7) is 0. The summed E-state index contributed by atoms with van der Waals surface area (Å²) in [7, 11) is 3.86. The molecule has 2 fully saturated rings. The minimum absolute atomic E-state index is 0.111. The molecular weight excluding hydrogens is 484 g/mol. The Kier molecular flexibility index (Phi) is 5.57. The predicted molar refractivity (Wildman–Crippen MR) is 144 cm³/mol. The first kappa shape index (κ1) is 23.6. The van der Waals surface area contributed by atoms with Gasteiger partial charge in [0.25, 0.3) is 11.6 Å². The van der Waals surface area contributed by atoms with Gasteiger partial charge in [-0.1, -0.05) is 54.6 Å². The molecular formula is C29H24N4O5. The van der Waals surface area contributed by atoms with Crippen molar-refractivity contribution in [2.75, 3.05) is 29.0 Å². The number of hydrogen-bond donors (Lipinski definition) is 0. The minimum Gasteiger partial charge on any atom is -0.378 e. The fraction of sp³-hybridized carbons (Fsp3) is 0.172. The number of nitrogens with zero attached hydrogens (tertiary/aromatic N) is 4. The normalized spacial score (nSPS) is 20.7. The molecule has 190 valence electrons. The van der Waals surface area contributed by atoms with E-state index in [-0.39, 0.29) is 11.6 Å². The number of non-ortho nitro benzene ring substituents is 1. The Balaban J connectivity index is 1.46. The number of benzene rings is 4. The zero-order chi connectivity index (χ0) is 26.6. The summed E-state index contributed by atoms with van der Waals surface area (Å²) in [5.41, 5.74) is 2.53. The van der Waals surface area contributed by atoms with Gasteiger partial charge in [-0.3, -0.25) is 24.5 Å². The van der Waals surface area contributed by atoms with Crippen molar-refractivity contribution >= 4 is 45.3 Å². The van der Waals surface area contributed by atoms with E-state index in [2.05, 4.69) is 0 Å². The van der Waals surface area contributed by atoms with Gasteiger partial charge >= 0.3 is 0 Å². The first-order valence-corrected chi connectivity index (χ1v) is 12.2. The number of fused-ring (bicyclic) bond motifs is 2. The molecule has 9 heteroatoms. The third kappa shape index (κ3) is 3.67. The Morgan fingerprint density at radius 2 is 1.58 bits per heavy atom. The van der Waals surface area contributed by atoms with Crippen LogP contribution >= 0.6 is 0 Å². The molecule has 0 aliphatic carbocycles. The lowest BCUT2D eigenvalue weighted by Crippen LogP contribution is -2.37. The number of anilines is 3. The van der Waals surface area contributed by atoms with Crippen molar-refractivity contribution in [1.82, 2.24) is 0 Å². The van der Waals surface area contributed by atoms with Gasteiger partial charge in [0.1, 0.15) is 5.92 Å². The van der Waals surface area contributed by atoms with Gasteiger partial charge in [0, 0.05) is 37.3 Å². The van der Waals surface area contributed by atoms with E-state index in [0.29, 0.717) is 11.4 Å². The first-order valence-electron chi connectivity index (χ1n) is 12.2. The zero-order valence-corrected chi connectivity index (χ0v) is 20.7. The molecule has 4 aromatic rings. The molecule has 38 heavy (non-hydrogen) atoms. The average molecular weight is 509 g/mol. The molecule has 2 aliphatic rings. The highest BCUT2D eigenvalue weighted by Crippen LogP contribution is 2.48. The van der Waals surface area contributed by atoms with E-state index in [1.807, 2.05) is 79.7 Å². The highest BCUT2D eigenvalue weighted by molar-refractivity contribution is 6.26. The number of hydroxylamine groups is 1. The number of carbonyl (C=O) groups is 2. The first-order chi connectivity index (χ1) is 18.3. The number of amides is 2. The standard InChI is InChI=1S/C29H24N4O5/c1-30(2)20-15-13-19(14-16-20)26-25-27(38-32(26)21-9-6-10-22(17-21)33(36)37)29(35)31(28(25)34)24-12-5-8-18-7-3-4-11-23(18)24/h3-17,25-27H,1-2H3. The molecule has 0 aromatic heterocycles. The summed E-state index contributed by atoms with van der Waals surface area (Å²) in [5, 5.41) is 14.6. The number of nitro groups is 1. The lowest BCUT2D eigenvalue weighted by atomic mass is 9.90. The lowest BCUT2D eigenvalue weighted by molar-refractivity contribution is -0.384. The predicted octanol–water partition coefficient (Wildman–Crippen LogP) is 4.87. The molecule has 2 aliphatic heterocycles. The second-order valence-electron chi connectivity index (χ2n) is 9.60. The van der Waals surface area contributed by atoms with E-state index in [1.54, 1.807) is 18.2 Å². The van der Waals surface area contributed by atoms with Crippen LogP contribution in [0, 0.1) is 16.0 Å². The van der Waals surface area contributed by atoms with Gasteiger partial charge in [-0.2, -0.15) is 0 Å². The maximum absolute atomic E-state index is 14.0. The maximum Gasteiger partial charge on any atom is 0.271 e. The Morgan fingerprint density at radius 3 is 2.32 bits per heavy atom. The second-order valence-corrected chi connectivity index (χ2v) is 9.60. The third-order valence-electron chi connectivity index (χ3n) is 7.17. The number of hydrogen-bond acceptors (Lipinski definition) is 7. The van der Waals surface area contributed by atoms with Crippen LogP contribution in [0.15, 0.2) is 91.0 Å². The molecule has 0 N–H and O–H groups in total. The smallest absolute Gasteiger partial charge is 0.271 e. The van der Waals surface area contributed by atoms with Gasteiger partial charge in [-0.05, 0) is 35.2 Å². The number of nitro benzene ring substituents is 1. The van der Waals surface area contributed by atoms with Gasteiger partial charge in [-0.25, -0.2) is 9.96 Å². The molecule has 0 radical (unpaired) electrons. The Morgan fingerprint density at radius 1 is 0.868 bits per heavy atom. The molecule has 0 spiro atoms. The molecule has 2 heterocycles. The third-order valence-corrected chi connectivity index (χ3v) is 7.17. The van der Waals surface area contributed by atoms with Gasteiger partial charge in [-0.15, -0.1) is 0 Å². The van der Waals surface area contributed by atoms with Crippen molar-refractivity contribution in [1.29, 1.82) is 0 Å². The summed E-state index contributed by atoms with van der Waals surface area (Å²) in [6.07, 6.45) is -1.07. The van der Waals surface area contributed by atoms with Crippen LogP contribution < -0.4 is 14.9 Å². The van der Waals surface area contributed by atoms with E-state index in [4.69, 9.17) is 4.84 Å². The highest BCUT2D eigenvalue weighted by atomic mass is 16.7. The van der Waals surface area contributed by atoms with Gasteiger partial charge in [0.05, 0.1) is 22.3 Å². The van der Waals surface area contributed by atoms with Crippen molar-refractivity contribution in [3.63, 3.8) is 0 Å². The van der Waals surface area contributed by atoms with Gasteiger partial charge < -0.3 is 4.90 Å². The Bertz CT molecular complexity index is 1580.